The van der Waals surface area contributed by atoms with Crippen LogP contribution in [-0.2, 0) is 0 Å². The predicted octanol–water partition coefficient (Wildman–Crippen LogP) is 27.9. The van der Waals surface area contributed by atoms with Crippen molar-refractivity contribution in [3.8, 4) is 44.8 Å². The van der Waals surface area contributed by atoms with Crippen molar-refractivity contribution in [2.75, 3.05) is 14.7 Å². The van der Waals surface area contributed by atoms with E-state index < -0.39 is 0 Å². The normalized spacial score (nSPS) is 11.3. The summed E-state index contributed by atoms with van der Waals surface area (Å²) < 4.78 is 4.75. The molecule has 0 N–H and O–H groups in total. The molecule has 2 heterocycles. The van der Waals surface area contributed by atoms with Crippen molar-refractivity contribution >= 4 is 128 Å². The Labute approximate surface area is 610 Å². The molecule has 0 aliphatic carbocycles. The second-order valence-corrected chi connectivity index (χ2v) is 26.5. The zero-order valence-electron chi connectivity index (χ0n) is 56.9. The van der Waals surface area contributed by atoms with Gasteiger partial charge in [0.15, 0.2) is 0 Å². The summed E-state index contributed by atoms with van der Waals surface area (Å²) in [5.41, 5.74) is 24.1. The van der Waals surface area contributed by atoms with Crippen LogP contribution >= 0.6 is 11.6 Å². The van der Waals surface area contributed by atoms with Gasteiger partial charge >= 0.3 is 0 Å². The van der Waals surface area contributed by atoms with Crippen LogP contribution in [0.5, 0.6) is 0 Å². The Morgan fingerprint density at radius 3 is 0.933 bits per heavy atom. The molecule has 0 bridgehead atoms. The van der Waals surface area contributed by atoms with Gasteiger partial charge in [0.1, 0.15) is 0 Å². The lowest BCUT2D eigenvalue weighted by Gasteiger charge is -2.28. The van der Waals surface area contributed by atoms with Crippen LogP contribution < -0.4 is 14.7 Å². The van der Waals surface area contributed by atoms with E-state index >= 15 is 0 Å². The molecule has 492 valence electrons. The second kappa shape index (κ2) is 27.6. The first-order valence-electron chi connectivity index (χ1n) is 35.3. The smallest absolute Gasteiger partial charge is 0.0561 e. The molecule has 2 aromatic heterocycles. The van der Waals surface area contributed by atoms with Crippen molar-refractivity contribution in [1.29, 1.82) is 0 Å². The summed E-state index contributed by atoms with van der Waals surface area (Å²) in [5, 5.41) is 10.4. The maximum absolute atomic E-state index is 6.53. The van der Waals surface area contributed by atoms with Crippen LogP contribution in [0.15, 0.2) is 413 Å². The number of halogens is 1. The van der Waals surface area contributed by atoms with Gasteiger partial charge in [-0.2, -0.15) is 0 Å². The molecule has 0 fully saturated rings. The largest absolute Gasteiger partial charge is 0.310 e. The second-order valence-electron chi connectivity index (χ2n) is 26.1. The number of aromatic nitrogens is 2. The Morgan fingerprint density at radius 2 is 0.481 bits per heavy atom. The molecular formula is C98H68ClN5. The van der Waals surface area contributed by atoms with E-state index in [0.717, 1.165) is 89.5 Å². The summed E-state index contributed by atoms with van der Waals surface area (Å²) in [7, 11) is 0. The standard InChI is InChI=1S/C58H41N3.C40H27ClN2/c1-5-17-42(18-6-1)43-29-33-49(34-30-43)60(46-21-9-3-10-22-46)57-40-39-51(52-25-13-14-26-53(52)57)44-31-35-48(36-32-44)59(45-19-7-2-8-20-45)50-37-38-55-54-27-15-16-28-56(54)61(58(55)41-50)47-23-11-4-12-24-47;41-38-26-25-33(34-15-7-8-16-35(34)38)28-19-21-31(22-20-28)42(29-11-3-1-4-12-29)32-23-24-37-36-17-9-10-18-39(36)43(40(37)27-32)30-13-5-2-6-14-30/h1-41H;1-27H. The topological polar surface area (TPSA) is 19.6 Å². The molecule has 0 unspecified atom stereocenters. The van der Waals surface area contributed by atoms with Crippen molar-refractivity contribution in [1.82, 2.24) is 9.13 Å². The Balaban J connectivity index is 0.000000157. The fourth-order valence-corrected chi connectivity index (χ4v) is 15.4. The third-order valence-corrected chi connectivity index (χ3v) is 20.4. The van der Waals surface area contributed by atoms with Crippen LogP contribution in [-0.4, -0.2) is 9.13 Å². The molecule has 0 atom stereocenters. The number of rotatable bonds is 14. The molecule has 0 amide bonds. The van der Waals surface area contributed by atoms with E-state index in [0.29, 0.717) is 0 Å². The van der Waals surface area contributed by atoms with Crippen LogP contribution in [0.4, 0.5) is 51.2 Å². The molecule has 0 saturated carbocycles. The third-order valence-electron chi connectivity index (χ3n) is 20.0. The molecule has 19 aromatic rings. The molecule has 0 spiro atoms. The van der Waals surface area contributed by atoms with Crippen LogP contribution in [0.2, 0.25) is 5.02 Å². The van der Waals surface area contributed by atoms with Gasteiger partial charge < -0.3 is 23.8 Å². The lowest BCUT2D eigenvalue weighted by molar-refractivity contribution is 1.18. The summed E-state index contributed by atoms with van der Waals surface area (Å²) in [4.78, 5) is 7.06. The molecule has 0 saturated heterocycles. The van der Waals surface area contributed by atoms with E-state index in [-0.39, 0.29) is 0 Å². The number of anilines is 9. The van der Waals surface area contributed by atoms with Crippen molar-refractivity contribution in [3.63, 3.8) is 0 Å². The van der Waals surface area contributed by atoms with Gasteiger partial charge in [0.05, 0.1) is 27.8 Å². The highest BCUT2D eigenvalue weighted by molar-refractivity contribution is 6.36. The predicted molar refractivity (Wildman–Crippen MR) is 442 cm³/mol. The molecule has 0 aliphatic rings. The van der Waals surface area contributed by atoms with Crippen molar-refractivity contribution < 1.29 is 0 Å². The first-order chi connectivity index (χ1) is 51.5. The minimum atomic E-state index is 0.773. The van der Waals surface area contributed by atoms with E-state index in [2.05, 4.69) is 424 Å². The maximum Gasteiger partial charge on any atom is 0.0561 e. The van der Waals surface area contributed by atoms with E-state index in [1.807, 2.05) is 12.1 Å². The Hall–Kier alpha value is -13.5. The van der Waals surface area contributed by atoms with Gasteiger partial charge in [0.2, 0.25) is 0 Å². The fraction of sp³-hybridized carbons (Fsp3) is 0. The Bertz CT molecular complexity index is 6260. The van der Waals surface area contributed by atoms with Crippen LogP contribution in [0, 0.1) is 0 Å². The van der Waals surface area contributed by atoms with E-state index in [1.165, 1.54) is 76.6 Å². The monoisotopic (exact) mass is 1350 g/mol. The number of hydrogen-bond donors (Lipinski definition) is 0. The zero-order valence-corrected chi connectivity index (χ0v) is 57.6. The van der Waals surface area contributed by atoms with E-state index in [1.54, 1.807) is 0 Å². The maximum atomic E-state index is 6.53. The van der Waals surface area contributed by atoms with Crippen LogP contribution in [0.3, 0.4) is 0 Å². The molecular weight excluding hydrogens is 1280 g/mol. The van der Waals surface area contributed by atoms with Gasteiger partial charge in [0.25, 0.3) is 0 Å². The van der Waals surface area contributed by atoms with E-state index in [9.17, 15) is 0 Å². The van der Waals surface area contributed by atoms with Gasteiger partial charge in [-0.15, -0.1) is 0 Å². The fourth-order valence-electron chi connectivity index (χ4n) is 15.2. The lowest BCUT2D eigenvalue weighted by atomic mass is 9.96. The highest BCUT2D eigenvalue weighted by atomic mass is 35.5. The number of nitrogens with zero attached hydrogens (tertiary/aromatic N) is 5. The van der Waals surface area contributed by atoms with Crippen LogP contribution in [0.1, 0.15) is 0 Å². The Morgan fingerprint density at radius 1 is 0.183 bits per heavy atom. The molecule has 0 aliphatic heterocycles. The number of hydrogen-bond acceptors (Lipinski definition) is 3. The van der Waals surface area contributed by atoms with Gasteiger partial charge in [0, 0.05) is 94.2 Å². The number of benzene rings is 17. The quantitative estimate of drug-likeness (QED) is 0.108. The summed E-state index contributed by atoms with van der Waals surface area (Å²) in [6, 6.07) is 147. The molecule has 17 aromatic carbocycles. The lowest BCUT2D eigenvalue weighted by Crippen LogP contribution is -2.10. The van der Waals surface area contributed by atoms with Gasteiger partial charge in [-0.3, -0.25) is 0 Å². The SMILES string of the molecule is Clc1ccc(-c2ccc(N(c3ccccc3)c3ccc4c5ccccc5n(-c5ccccc5)c4c3)cc2)c2ccccc12.c1ccc(-c2ccc(N(c3ccccc3)c3ccc(-c4ccc(N(c5ccccc5)c5ccc6c7ccccc7n(-c7ccccc7)c6c5)cc4)c4ccccc34)cc2)cc1. The minimum absolute atomic E-state index is 0.773. The molecule has 104 heavy (non-hydrogen) atoms. The summed E-state index contributed by atoms with van der Waals surface area (Å²) in [5.74, 6) is 0. The zero-order chi connectivity index (χ0) is 69.3. The summed E-state index contributed by atoms with van der Waals surface area (Å²) in [6.07, 6.45) is 0. The third kappa shape index (κ3) is 11.7. The van der Waals surface area contributed by atoms with Crippen molar-refractivity contribution in [2.24, 2.45) is 0 Å². The molecule has 6 heteroatoms. The van der Waals surface area contributed by atoms with E-state index in [4.69, 9.17) is 11.6 Å². The van der Waals surface area contributed by atoms with Gasteiger partial charge in [-0.25, -0.2) is 0 Å². The average Bonchev–Trinajstić information content (AvgIpc) is 1.55. The molecule has 19 rings (SSSR count). The molecule has 0 radical (unpaired) electrons. The highest BCUT2D eigenvalue weighted by Crippen LogP contribution is 2.46. The summed E-state index contributed by atoms with van der Waals surface area (Å²) in [6.45, 7) is 0. The molecule has 5 nitrogen and oxygen atoms in total. The number of para-hydroxylation sites is 7. The minimum Gasteiger partial charge on any atom is -0.310 e. The average molecular weight is 1350 g/mol. The van der Waals surface area contributed by atoms with Crippen LogP contribution in [0.25, 0.3) is 110 Å². The first-order valence-corrected chi connectivity index (χ1v) is 35.7. The first kappa shape index (κ1) is 62.8. The van der Waals surface area contributed by atoms with Crippen molar-refractivity contribution in [2.45, 2.75) is 0 Å². The summed E-state index contributed by atoms with van der Waals surface area (Å²) >= 11 is 6.53. The van der Waals surface area contributed by atoms with Gasteiger partial charge in [-0.1, -0.05) is 279 Å². The highest BCUT2D eigenvalue weighted by Gasteiger charge is 2.23. The van der Waals surface area contributed by atoms with Crippen molar-refractivity contribution in [3.05, 3.63) is 418 Å². The number of fused-ring (bicyclic) bond motifs is 8. The Kier molecular flexibility index (Phi) is 16.7. The van der Waals surface area contributed by atoms with Gasteiger partial charge in [-0.05, 0) is 190 Å².